The zero-order valence-corrected chi connectivity index (χ0v) is 21.2. The largest absolute Gasteiger partial charge is 0.336 e. The third-order valence-corrected chi connectivity index (χ3v) is 8.33. The molecule has 1 N–H and O–H groups in total. The van der Waals surface area contributed by atoms with Gasteiger partial charge in [0.2, 0.25) is 0 Å². The molecule has 0 saturated carbocycles. The van der Waals surface area contributed by atoms with E-state index >= 15 is 0 Å². The Bertz CT molecular complexity index is 1500. The molecule has 10 heteroatoms. The Morgan fingerprint density at radius 3 is 2.44 bits per heavy atom. The number of amides is 1. The van der Waals surface area contributed by atoms with E-state index in [0.29, 0.717) is 54.2 Å². The van der Waals surface area contributed by atoms with Crippen LogP contribution in [-0.2, 0) is 16.6 Å². The van der Waals surface area contributed by atoms with Crippen molar-refractivity contribution < 1.29 is 13.2 Å². The highest BCUT2D eigenvalue weighted by Crippen LogP contribution is 2.21. The third kappa shape index (κ3) is 5.28. The Labute approximate surface area is 215 Å². The van der Waals surface area contributed by atoms with E-state index in [-0.39, 0.29) is 10.8 Å². The standard InChI is InChI=1S/C26H26ClN5O3S/c27-25-21(6-3-13-29-25)18-31-14-16-32(17-15-31)26(33)20-8-10-22(11-9-20)30-36(34,35)23-7-1-4-19-5-2-12-28-24(19)23/h2-6,8-13,30H,1,7,14-18H2. The molecule has 1 aliphatic carbocycles. The van der Waals surface area contributed by atoms with E-state index in [2.05, 4.69) is 19.6 Å². The van der Waals surface area contributed by atoms with Crippen molar-refractivity contribution in [2.45, 2.75) is 19.4 Å². The number of hydrogen-bond acceptors (Lipinski definition) is 6. The highest BCUT2D eigenvalue weighted by atomic mass is 35.5. The fourth-order valence-corrected chi connectivity index (χ4v) is 6.08. The lowest BCUT2D eigenvalue weighted by Gasteiger charge is -2.34. The van der Waals surface area contributed by atoms with Crippen LogP contribution < -0.4 is 15.3 Å². The number of benzene rings is 1. The minimum Gasteiger partial charge on any atom is -0.336 e. The molecule has 186 valence electrons. The lowest BCUT2D eigenvalue weighted by Crippen LogP contribution is -2.48. The number of pyridine rings is 2. The van der Waals surface area contributed by atoms with E-state index in [1.807, 2.05) is 29.2 Å². The van der Waals surface area contributed by atoms with E-state index in [0.717, 1.165) is 23.9 Å². The van der Waals surface area contributed by atoms with E-state index < -0.39 is 10.0 Å². The Balaban J connectivity index is 1.22. The van der Waals surface area contributed by atoms with Crippen molar-refractivity contribution in [2.24, 2.45) is 0 Å². The van der Waals surface area contributed by atoms with Gasteiger partial charge in [-0.2, -0.15) is 0 Å². The average molecular weight is 524 g/mol. The van der Waals surface area contributed by atoms with Gasteiger partial charge in [-0.05, 0) is 54.5 Å². The van der Waals surface area contributed by atoms with Gasteiger partial charge in [0.25, 0.3) is 15.9 Å². The van der Waals surface area contributed by atoms with Crippen molar-refractivity contribution in [3.8, 4) is 0 Å². The number of fused-ring (bicyclic) bond motifs is 1. The number of rotatable bonds is 6. The molecule has 0 atom stereocenters. The van der Waals surface area contributed by atoms with Crippen molar-refractivity contribution in [1.82, 2.24) is 19.8 Å². The van der Waals surface area contributed by atoms with Crippen molar-refractivity contribution in [3.05, 3.63) is 87.8 Å². The maximum absolute atomic E-state index is 13.1. The minimum atomic E-state index is -3.77. The van der Waals surface area contributed by atoms with Gasteiger partial charge in [0.1, 0.15) is 5.15 Å². The van der Waals surface area contributed by atoms with E-state index in [9.17, 15) is 13.2 Å². The summed E-state index contributed by atoms with van der Waals surface area (Å²) in [6.07, 6.45) is 6.31. The minimum absolute atomic E-state index is 0.0706. The van der Waals surface area contributed by atoms with Gasteiger partial charge in [0, 0.05) is 61.9 Å². The number of nitrogens with zero attached hydrogens (tertiary/aromatic N) is 4. The number of carbonyl (C=O) groups is 1. The first kappa shape index (κ1) is 24.4. The summed E-state index contributed by atoms with van der Waals surface area (Å²) >= 11 is 6.17. The summed E-state index contributed by atoms with van der Waals surface area (Å²) in [7, 11) is -3.77. The maximum atomic E-state index is 13.1. The molecule has 0 radical (unpaired) electrons. The number of nitrogens with one attached hydrogen (secondary N) is 1. The quantitative estimate of drug-likeness (QED) is 0.498. The first-order valence-corrected chi connectivity index (χ1v) is 13.7. The number of anilines is 1. The van der Waals surface area contributed by atoms with Gasteiger partial charge < -0.3 is 4.90 Å². The van der Waals surface area contributed by atoms with E-state index in [1.54, 1.807) is 42.7 Å². The Hall–Kier alpha value is -3.27. The van der Waals surface area contributed by atoms with Gasteiger partial charge in [-0.3, -0.25) is 19.4 Å². The SMILES string of the molecule is O=C(c1ccc(NS(=O)(=O)C2=c3ncccc3=CCC2)cc1)N1CCN(Cc2cccnc2Cl)CC1. The van der Waals surface area contributed by atoms with Crippen LogP contribution in [0.25, 0.3) is 11.0 Å². The van der Waals surface area contributed by atoms with Crippen molar-refractivity contribution >= 4 is 44.2 Å². The highest BCUT2D eigenvalue weighted by Gasteiger charge is 2.24. The number of aromatic nitrogens is 2. The molecule has 5 rings (SSSR count). The molecule has 2 aliphatic rings. The number of halogens is 1. The summed E-state index contributed by atoms with van der Waals surface area (Å²) in [6, 6.07) is 14.1. The van der Waals surface area contributed by atoms with Gasteiger partial charge >= 0.3 is 0 Å². The topological polar surface area (TPSA) is 95.5 Å². The second-order valence-corrected chi connectivity index (χ2v) is 10.9. The predicted octanol–water partition coefficient (Wildman–Crippen LogP) is 2.21. The van der Waals surface area contributed by atoms with Crippen LogP contribution in [-0.4, -0.2) is 60.3 Å². The molecule has 2 aromatic heterocycles. The molecule has 1 aromatic carbocycles. The molecular weight excluding hydrogens is 498 g/mol. The smallest absolute Gasteiger partial charge is 0.260 e. The molecule has 0 bridgehead atoms. The monoisotopic (exact) mass is 523 g/mol. The van der Waals surface area contributed by atoms with Crippen molar-refractivity contribution in [3.63, 3.8) is 0 Å². The molecule has 36 heavy (non-hydrogen) atoms. The normalized spacial score (nSPS) is 16.2. The summed E-state index contributed by atoms with van der Waals surface area (Å²) in [4.78, 5) is 25.8. The summed E-state index contributed by atoms with van der Waals surface area (Å²) < 4.78 is 28.8. The molecule has 3 aromatic rings. The number of carbonyl (C=O) groups excluding carboxylic acids is 1. The number of hydrogen-bond donors (Lipinski definition) is 1. The van der Waals surface area contributed by atoms with E-state index in [1.165, 1.54) is 0 Å². The van der Waals surface area contributed by atoms with E-state index in [4.69, 9.17) is 11.6 Å². The van der Waals surface area contributed by atoms with Gasteiger partial charge in [0.05, 0.1) is 10.3 Å². The highest BCUT2D eigenvalue weighted by molar-refractivity contribution is 8.01. The molecule has 8 nitrogen and oxygen atoms in total. The Morgan fingerprint density at radius 1 is 0.972 bits per heavy atom. The second kappa shape index (κ2) is 10.4. The molecule has 1 saturated heterocycles. The van der Waals surface area contributed by atoms with Crippen LogP contribution in [0, 0.1) is 0 Å². The van der Waals surface area contributed by atoms with Gasteiger partial charge in [0.15, 0.2) is 0 Å². The molecule has 1 fully saturated rings. The third-order valence-electron chi connectivity index (χ3n) is 6.44. The molecule has 1 amide bonds. The Morgan fingerprint density at radius 2 is 1.69 bits per heavy atom. The van der Waals surface area contributed by atoms with Crippen molar-refractivity contribution in [1.29, 1.82) is 0 Å². The lowest BCUT2D eigenvalue weighted by atomic mass is 10.1. The first-order valence-electron chi connectivity index (χ1n) is 11.8. The summed E-state index contributed by atoms with van der Waals surface area (Å²) in [5, 5.41) is 1.83. The summed E-state index contributed by atoms with van der Waals surface area (Å²) in [6.45, 7) is 3.38. The number of sulfonamides is 1. The molecule has 0 unspecified atom stereocenters. The fourth-order valence-electron chi connectivity index (χ4n) is 4.52. The van der Waals surface area contributed by atoms with Crippen LogP contribution in [0.3, 0.4) is 0 Å². The van der Waals surface area contributed by atoms with Crippen LogP contribution in [0.2, 0.25) is 5.15 Å². The van der Waals surface area contributed by atoms with Gasteiger partial charge in [-0.15, -0.1) is 0 Å². The second-order valence-electron chi connectivity index (χ2n) is 8.81. The predicted molar refractivity (Wildman–Crippen MR) is 140 cm³/mol. The van der Waals surface area contributed by atoms with Crippen LogP contribution in [0.15, 0.2) is 60.9 Å². The molecule has 3 heterocycles. The summed E-state index contributed by atoms with van der Waals surface area (Å²) in [5.41, 5.74) is 1.90. The zero-order chi connectivity index (χ0) is 25.1. The number of piperazine rings is 1. The maximum Gasteiger partial charge on any atom is 0.260 e. The van der Waals surface area contributed by atoms with Crippen LogP contribution in [0.1, 0.15) is 28.8 Å². The van der Waals surface area contributed by atoms with Gasteiger partial charge in [-0.1, -0.05) is 29.8 Å². The Kier molecular flexibility index (Phi) is 7.04. The van der Waals surface area contributed by atoms with Crippen LogP contribution in [0.4, 0.5) is 5.69 Å². The first-order chi connectivity index (χ1) is 17.4. The zero-order valence-electron chi connectivity index (χ0n) is 19.6. The van der Waals surface area contributed by atoms with Crippen LogP contribution >= 0.6 is 11.6 Å². The molecular formula is C26H26ClN5O3S. The average Bonchev–Trinajstić information content (AvgIpc) is 2.90. The molecule has 1 aliphatic heterocycles. The fraction of sp³-hybridized carbons (Fsp3) is 0.269. The molecule has 0 spiro atoms. The lowest BCUT2D eigenvalue weighted by molar-refractivity contribution is 0.0628. The van der Waals surface area contributed by atoms with Gasteiger partial charge in [-0.25, -0.2) is 13.4 Å². The van der Waals surface area contributed by atoms with Crippen LogP contribution in [0.5, 0.6) is 0 Å². The van der Waals surface area contributed by atoms with Crippen molar-refractivity contribution in [2.75, 3.05) is 30.9 Å². The summed E-state index contributed by atoms with van der Waals surface area (Å²) in [5.74, 6) is -0.0706.